The first kappa shape index (κ1) is 14.3. The standard InChI is InChI=1S/C18H16O4/c1-21-14-9-7-13(8-10-14)17(12-5-3-2-4-6-12)15-11-16(19)22-18(15)20/h2-10,15,17H,11H2,1H3. The predicted molar refractivity (Wildman–Crippen MR) is 80.5 cm³/mol. The van der Waals surface area contributed by atoms with Gasteiger partial charge >= 0.3 is 11.9 Å². The van der Waals surface area contributed by atoms with Crippen molar-refractivity contribution >= 4 is 11.9 Å². The third-order valence-corrected chi connectivity index (χ3v) is 3.94. The Kier molecular flexibility index (Phi) is 3.92. The largest absolute Gasteiger partial charge is 0.497 e. The smallest absolute Gasteiger partial charge is 0.318 e. The van der Waals surface area contributed by atoms with E-state index in [2.05, 4.69) is 0 Å². The van der Waals surface area contributed by atoms with Crippen LogP contribution in [-0.4, -0.2) is 19.0 Å². The molecule has 0 saturated carbocycles. The number of rotatable bonds is 4. The van der Waals surface area contributed by atoms with E-state index in [4.69, 9.17) is 9.47 Å². The van der Waals surface area contributed by atoms with Crippen molar-refractivity contribution in [2.24, 2.45) is 5.92 Å². The molecule has 2 aromatic rings. The first-order chi connectivity index (χ1) is 10.7. The van der Waals surface area contributed by atoms with E-state index in [1.165, 1.54) is 0 Å². The van der Waals surface area contributed by atoms with Crippen molar-refractivity contribution in [2.45, 2.75) is 12.3 Å². The van der Waals surface area contributed by atoms with Crippen LogP contribution in [0.3, 0.4) is 0 Å². The number of carbonyl (C=O) groups is 2. The van der Waals surface area contributed by atoms with Crippen LogP contribution in [-0.2, 0) is 14.3 Å². The molecule has 1 aliphatic rings. The molecule has 1 saturated heterocycles. The van der Waals surface area contributed by atoms with Gasteiger partial charge < -0.3 is 9.47 Å². The van der Waals surface area contributed by atoms with Crippen LogP contribution in [0, 0.1) is 5.92 Å². The Morgan fingerprint density at radius 2 is 1.64 bits per heavy atom. The number of methoxy groups -OCH3 is 1. The Morgan fingerprint density at radius 1 is 1.00 bits per heavy atom. The number of hydrogen-bond donors (Lipinski definition) is 0. The Bertz CT molecular complexity index is 676. The van der Waals surface area contributed by atoms with Crippen molar-refractivity contribution in [2.75, 3.05) is 7.11 Å². The van der Waals surface area contributed by atoms with Crippen LogP contribution in [0.1, 0.15) is 23.5 Å². The minimum absolute atomic E-state index is 0.115. The van der Waals surface area contributed by atoms with Gasteiger partial charge in [0.2, 0.25) is 0 Å². The van der Waals surface area contributed by atoms with Gasteiger partial charge in [0, 0.05) is 5.92 Å². The number of ether oxygens (including phenoxy) is 2. The summed E-state index contributed by atoms with van der Waals surface area (Å²) >= 11 is 0. The van der Waals surface area contributed by atoms with Crippen molar-refractivity contribution in [3.8, 4) is 5.75 Å². The summed E-state index contributed by atoms with van der Waals surface area (Å²) in [6, 6.07) is 17.3. The molecule has 4 nitrogen and oxygen atoms in total. The van der Waals surface area contributed by atoms with Crippen LogP contribution in [0.5, 0.6) is 5.75 Å². The van der Waals surface area contributed by atoms with Crippen molar-refractivity contribution in [1.82, 2.24) is 0 Å². The van der Waals surface area contributed by atoms with Gasteiger partial charge in [-0.05, 0) is 23.3 Å². The fourth-order valence-electron chi connectivity index (χ4n) is 2.88. The first-order valence-corrected chi connectivity index (χ1v) is 7.12. The van der Waals surface area contributed by atoms with Crippen molar-refractivity contribution in [3.05, 3.63) is 65.7 Å². The molecule has 112 valence electrons. The van der Waals surface area contributed by atoms with Gasteiger partial charge in [0.25, 0.3) is 0 Å². The zero-order chi connectivity index (χ0) is 15.5. The molecule has 22 heavy (non-hydrogen) atoms. The van der Waals surface area contributed by atoms with Crippen LogP contribution in [0.15, 0.2) is 54.6 Å². The topological polar surface area (TPSA) is 52.6 Å². The average Bonchev–Trinajstić information content (AvgIpc) is 2.88. The van der Waals surface area contributed by atoms with Crippen molar-refractivity contribution < 1.29 is 19.1 Å². The molecular formula is C18H16O4. The number of cyclic esters (lactones) is 2. The number of carbonyl (C=O) groups excluding carboxylic acids is 2. The average molecular weight is 296 g/mol. The lowest BCUT2D eigenvalue weighted by Gasteiger charge is -2.21. The molecular weight excluding hydrogens is 280 g/mol. The molecule has 2 unspecified atom stereocenters. The summed E-state index contributed by atoms with van der Waals surface area (Å²) in [5.41, 5.74) is 1.95. The lowest BCUT2D eigenvalue weighted by Crippen LogP contribution is -2.19. The highest BCUT2D eigenvalue weighted by atomic mass is 16.6. The van der Waals surface area contributed by atoms with E-state index in [1.54, 1.807) is 7.11 Å². The van der Waals surface area contributed by atoms with Gasteiger partial charge in [-0.15, -0.1) is 0 Å². The molecule has 1 heterocycles. The summed E-state index contributed by atoms with van der Waals surface area (Å²) in [6.45, 7) is 0. The fourth-order valence-corrected chi connectivity index (χ4v) is 2.88. The van der Waals surface area contributed by atoms with Gasteiger partial charge in [0.15, 0.2) is 0 Å². The summed E-state index contributed by atoms with van der Waals surface area (Å²) in [4.78, 5) is 23.5. The van der Waals surface area contributed by atoms with Crippen LogP contribution < -0.4 is 4.74 Å². The van der Waals surface area contributed by atoms with Gasteiger partial charge in [-0.25, -0.2) is 0 Å². The quantitative estimate of drug-likeness (QED) is 0.643. The molecule has 3 rings (SSSR count). The van der Waals surface area contributed by atoms with E-state index in [0.29, 0.717) is 0 Å². The minimum Gasteiger partial charge on any atom is -0.497 e. The summed E-state index contributed by atoms with van der Waals surface area (Å²) in [5.74, 6) is -0.839. The van der Waals surface area contributed by atoms with E-state index in [-0.39, 0.29) is 12.3 Å². The maximum Gasteiger partial charge on any atom is 0.318 e. The molecule has 0 radical (unpaired) electrons. The van der Waals surface area contributed by atoms with Crippen LogP contribution in [0.2, 0.25) is 0 Å². The highest BCUT2D eigenvalue weighted by Crippen LogP contribution is 2.38. The predicted octanol–water partition coefficient (Wildman–Crippen LogP) is 2.92. The maximum absolute atomic E-state index is 12.0. The molecule has 2 atom stereocenters. The second kappa shape index (κ2) is 6.02. The monoisotopic (exact) mass is 296 g/mol. The lowest BCUT2D eigenvalue weighted by molar-refractivity contribution is -0.153. The zero-order valence-corrected chi connectivity index (χ0v) is 12.2. The minimum atomic E-state index is -0.483. The molecule has 0 aromatic heterocycles. The van der Waals surface area contributed by atoms with Gasteiger partial charge in [-0.1, -0.05) is 42.5 Å². The normalized spacial score (nSPS) is 18.9. The van der Waals surface area contributed by atoms with Crippen LogP contribution >= 0.6 is 0 Å². The van der Waals surface area contributed by atoms with E-state index in [9.17, 15) is 9.59 Å². The summed E-state index contributed by atoms with van der Waals surface area (Å²) < 4.78 is 9.91. The Hall–Kier alpha value is -2.62. The third-order valence-electron chi connectivity index (χ3n) is 3.94. The zero-order valence-electron chi connectivity index (χ0n) is 12.2. The van der Waals surface area contributed by atoms with Gasteiger partial charge in [-0.3, -0.25) is 9.59 Å². The maximum atomic E-state index is 12.0. The Balaban J connectivity index is 2.02. The van der Waals surface area contributed by atoms with E-state index in [0.717, 1.165) is 16.9 Å². The second-order valence-corrected chi connectivity index (χ2v) is 5.27. The SMILES string of the molecule is COc1ccc(C(c2ccccc2)C2CC(=O)OC2=O)cc1. The molecule has 0 amide bonds. The van der Waals surface area contributed by atoms with E-state index < -0.39 is 17.9 Å². The summed E-state index contributed by atoms with van der Waals surface area (Å²) in [6.07, 6.45) is 0.115. The highest BCUT2D eigenvalue weighted by Gasteiger charge is 2.40. The third kappa shape index (κ3) is 2.72. The molecule has 1 fully saturated rings. The van der Waals surface area contributed by atoms with Crippen molar-refractivity contribution in [3.63, 3.8) is 0 Å². The fraction of sp³-hybridized carbons (Fsp3) is 0.222. The molecule has 0 aliphatic carbocycles. The molecule has 0 spiro atoms. The molecule has 4 heteroatoms. The van der Waals surface area contributed by atoms with Crippen LogP contribution in [0.25, 0.3) is 0 Å². The molecule has 0 bridgehead atoms. The Morgan fingerprint density at radius 3 is 2.18 bits per heavy atom. The number of benzene rings is 2. The lowest BCUT2D eigenvalue weighted by atomic mass is 9.80. The van der Waals surface area contributed by atoms with Gasteiger partial charge in [-0.2, -0.15) is 0 Å². The highest BCUT2D eigenvalue weighted by molar-refractivity contribution is 5.95. The number of esters is 2. The molecule has 1 aliphatic heterocycles. The van der Waals surface area contributed by atoms with Crippen LogP contribution in [0.4, 0.5) is 0 Å². The Labute approximate surface area is 128 Å². The second-order valence-electron chi connectivity index (χ2n) is 5.27. The van der Waals surface area contributed by atoms with Crippen molar-refractivity contribution in [1.29, 1.82) is 0 Å². The first-order valence-electron chi connectivity index (χ1n) is 7.12. The van der Waals surface area contributed by atoms with E-state index in [1.807, 2.05) is 54.6 Å². The molecule has 2 aromatic carbocycles. The summed E-state index contributed by atoms with van der Waals surface area (Å²) in [7, 11) is 1.61. The van der Waals surface area contributed by atoms with Gasteiger partial charge in [0.05, 0.1) is 19.4 Å². The molecule has 0 N–H and O–H groups in total. The van der Waals surface area contributed by atoms with E-state index >= 15 is 0 Å². The number of hydrogen-bond acceptors (Lipinski definition) is 4. The summed E-state index contributed by atoms with van der Waals surface area (Å²) in [5, 5.41) is 0. The van der Waals surface area contributed by atoms with Gasteiger partial charge in [0.1, 0.15) is 5.75 Å².